The predicted molar refractivity (Wildman–Crippen MR) is 164 cm³/mol. The van der Waals surface area contributed by atoms with E-state index in [1.807, 2.05) is 14.0 Å². The van der Waals surface area contributed by atoms with Gasteiger partial charge in [0.05, 0.1) is 58.4 Å². The SMILES string of the molecule is C[C@H]1CN(c2cc(F)c(-c3cnc(N(I)CC4OC5CCC54)nc3)c(F)c2NC(=O)c2c[nH]c(=O)cc2C(F)F)CCN1C. The van der Waals surface area contributed by atoms with Crippen molar-refractivity contribution in [1.82, 2.24) is 19.9 Å². The largest absolute Gasteiger partial charge is 0.372 e. The van der Waals surface area contributed by atoms with Crippen LogP contribution in [-0.2, 0) is 4.74 Å². The van der Waals surface area contributed by atoms with Crippen LogP contribution in [0.1, 0.15) is 42.1 Å². The molecular weight excluding hydrogens is 697 g/mol. The summed E-state index contributed by atoms with van der Waals surface area (Å²) in [7, 11) is 1.93. The van der Waals surface area contributed by atoms with Crippen LogP contribution in [0, 0.1) is 17.6 Å². The van der Waals surface area contributed by atoms with Crippen LogP contribution in [0.5, 0.6) is 0 Å². The molecule has 4 heterocycles. The fourth-order valence-corrected chi connectivity index (χ4v) is 6.51. The second kappa shape index (κ2) is 12.2. The Labute approximate surface area is 264 Å². The Morgan fingerprint density at radius 1 is 1.23 bits per heavy atom. The molecule has 1 aromatic carbocycles. The van der Waals surface area contributed by atoms with Gasteiger partial charge in [-0.25, -0.2) is 27.5 Å². The van der Waals surface area contributed by atoms with Crippen LogP contribution in [0.3, 0.4) is 0 Å². The van der Waals surface area contributed by atoms with Crippen LogP contribution < -0.4 is 18.9 Å². The molecule has 2 N–H and O–H groups in total. The van der Waals surface area contributed by atoms with E-state index in [-0.39, 0.29) is 29.1 Å². The highest BCUT2D eigenvalue weighted by Crippen LogP contribution is 2.45. The van der Waals surface area contributed by atoms with Crippen LogP contribution >= 0.6 is 22.9 Å². The molecule has 234 valence electrons. The Balaban J connectivity index is 1.34. The number of benzene rings is 1. The number of halogens is 5. The van der Waals surface area contributed by atoms with Gasteiger partial charge in [0.15, 0.2) is 5.82 Å². The number of aromatic amines is 1. The molecule has 0 radical (unpaired) electrons. The first-order valence-corrected chi connectivity index (χ1v) is 15.2. The number of H-pyrrole nitrogens is 1. The van der Waals surface area contributed by atoms with Crippen LogP contribution in [0.2, 0.25) is 0 Å². The van der Waals surface area contributed by atoms with Gasteiger partial charge in [0.25, 0.3) is 12.3 Å². The molecular formula is C29H30F4IN7O3. The third kappa shape index (κ3) is 5.76. The molecule has 2 saturated heterocycles. The number of alkyl halides is 2. The van der Waals surface area contributed by atoms with E-state index in [9.17, 15) is 18.4 Å². The average molecular weight is 728 g/mol. The van der Waals surface area contributed by atoms with Crippen LogP contribution in [0.25, 0.3) is 11.1 Å². The van der Waals surface area contributed by atoms with Crippen molar-refractivity contribution >= 4 is 46.1 Å². The van der Waals surface area contributed by atoms with Gasteiger partial charge in [0.1, 0.15) is 11.5 Å². The standard InChI is InChI=1S/C29H30F4IN7O3/c1-14-12-40(6-5-39(14)2)20-8-19(30)24(15-9-36-29(37-10-15)41(34)13-22-16-3-4-21(16)44-22)25(31)26(20)38-28(43)18-11-35-23(42)7-17(18)27(32)33/h7-11,14,16,21-22,27H,3-6,12-13H2,1-2H3,(H,35,42)(H,38,43)/t14-,16?,21?,22?/m0/s1. The second-order valence-electron chi connectivity index (χ2n) is 11.4. The average Bonchev–Trinajstić information content (AvgIpc) is 2.98. The number of carbonyl (C=O) groups is 1. The zero-order chi connectivity index (χ0) is 31.3. The van der Waals surface area contributed by atoms with Gasteiger partial charge in [-0.2, -0.15) is 0 Å². The van der Waals surface area contributed by atoms with Crippen molar-refractivity contribution in [3.05, 3.63) is 63.8 Å². The van der Waals surface area contributed by atoms with E-state index in [0.717, 1.165) is 25.1 Å². The van der Waals surface area contributed by atoms with E-state index in [4.69, 9.17) is 4.74 Å². The summed E-state index contributed by atoms with van der Waals surface area (Å²) in [5.74, 6) is -2.21. The van der Waals surface area contributed by atoms with Gasteiger partial charge < -0.3 is 24.8 Å². The first-order valence-electron chi connectivity index (χ1n) is 14.2. The van der Waals surface area contributed by atoms with Gasteiger partial charge in [-0.05, 0) is 26.8 Å². The van der Waals surface area contributed by atoms with Gasteiger partial charge in [0, 0.05) is 73.4 Å². The normalized spacial score (nSPS) is 23.1. The van der Waals surface area contributed by atoms with E-state index in [2.05, 4.69) is 48.0 Å². The van der Waals surface area contributed by atoms with Gasteiger partial charge in [-0.3, -0.25) is 12.7 Å². The summed E-state index contributed by atoms with van der Waals surface area (Å²) in [6.45, 7) is 3.91. The summed E-state index contributed by atoms with van der Waals surface area (Å²) in [4.78, 5) is 39.6. The highest BCUT2D eigenvalue weighted by atomic mass is 127. The zero-order valence-electron chi connectivity index (χ0n) is 23.9. The lowest BCUT2D eigenvalue weighted by Gasteiger charge is -2.53. The summed E-state index contributed by atoms with van der Waals surface area (Å²) < 4.78 is 67.2. The molecule has 3 aliphatic rings. The van der Waals surface area contributed by atoms with Crippen molar-refractivity contribution in [3.8, 4) is 11.1 Å². The minimum atomic E-state index is -3.14. The topological polar surface area (TPSA) is 107 Å². The first-order chi connectivity index (χ1) is 21.0. The predicted octanol–water partition coefficient (Wildman–Crippen LogP) is 4.77. The number of rotatable bonds is 8. The number of hydrogen-bond acceptors (Lipinski definition) is 8. The van der Waals surface area contributed by atoms with Crippen molar-refractivity contribution in [2.24, 2.45) is 5.92 Å². The molecule has 3 fully saturated rings. The Hall–Kier alpha value is -3.31. The maximum absolute atomic E-state index is 16.4. The van der Waals surface area contributed by atoms with Crippen LogP contribution in [0.15, 0.2) is 35.5 Å². The molecule has 15 heteroatoms. The molecule has 2 aromatic heterocycles. The van der Waals surface area contributed by atoms with Crippen molar-refractivity contribution in [2.75, 3.05) is 46.6 Å². The van der Waals surface area contributed by atoms with Gasteiger partial charge in [-0.1, -0.05) is 0 Å². The number of likely N-dealkylation sites (N-methyl/N-ethyl adjacent to an activating group) is 1. The highest BCUT2D eigenvalue weighted by molar-refractivity contribution is 14.1. The number of pyridine rings is 1. The van der Waals surface area contributed by atoms with Crippen molar-refractivity contribution < 1.29 is 27.1 Å². The zero-order valence-corrected chi connectivity index (χ0v) is 26.0. The van der Waals surface area contributed by atoms with E-state index in [1.165, 1.54) is 12.4 Å². The summed E-state index contributed by atoms with van der Waals surface area (Å²) in [6.07, 6.45) is 2.95. The van der Waals surface area contributed by atoms with Gasteiger partial charge in [-0.15, -0.1) is 0 Å². The number of nitrogens with one attached hydrogen (secondary N) is 2. The van der Waals surface area contributed by atoms with Crippen molar-refractivity contribution in [2.45, 2.75) is 44.4 Å². The molecule has 6 rings (SSSR count). The fourth-order valence-electron chi connectivity index (χ4n) is 5.87. The second-order valence-corrected chi connectivity index (χ2v) is 12.6. The lowest BCUT2D eigenvalue weighted by Crippen LogP contribution is -2.58. The van der Waals surface area contributed by atoms with E-state index < -0.39 is 46.2 Å². The summed E-state index contributed by atoms with van der Waals surface area (Å²) in [6, 6.07) is 1.76. The molecule has 2 aliphatic heterocycles. The number of hydrogen-bond donors (Lipinski definition) is 2. The third-order valence-electron chi connectivity index (χ3n) is 8.75. The fraction of sp³-hybridized carbons (Fsp3) is 0.448. The quantitative estimate of drug-likeness (QED) is 0.194. The molecule has 1 aliphatic carbocycles. The van der Waals surface area contributed by atoms with E-state index >= 15 is 8.78 Å². The van der Waals surface area contributed by atoms with E-state index in [1.54, 1.807) is 8.01 Å². The molecule has 3 aromatic rings. The Morgan fingerprint density at radius 3 is 2.59 bits per heavy atom. The van der Waals surface area contributed by atoms with Gasteiger partial charge in [0.2, 0.25) is 11.5 Å². The maximum Gasteiger partial charge on any atom is 0.264 e. The number of carbonyl (C=O) groups excluding carboxylic acids is 1. The van der Waals surface area contributed by atoms with E-state index in [0.29, 0.717) is 50.2 Å². The van der Waals surface area contributed by atoms with Crippen molar-refractivity contribution in [3.63, 3.8) is 0 Å². The van der Waals surface area contributed by atoms with Crippen LogP contribution in [-0.4, -0.2) is 77.2 Å². The molecule has 0 bridgehead atoms. The Bertz CT molecular complexity index is 1630. The number of nitrogens with zero attached hydrogens (tertiary/aromatic N) is 5. The molecule has 1 amide bonds. The number of ether oxygens (including phenoxy) is 1. The number of aromatic nitrogens is 3. The molecule has 3 unspecified atom stereocenters. The smallest absolute Gasteiger partial charge is 0.264 e. The third-order valence-corrected chi connectivity index (χ3v) is 9.57. The molecule has 44 heavy (non-hydrogen) atoms. The monoisotopic (exact) mass is 727 g/mol. The Kier molecular flexibility index (Phi) is 8.54. The summed E-state index contributed by atoms with van der Waals surface area (Å²) in [5.41, 5.74) is -2.94. The molecule has 4 atom stereocenters. The lowest BCUT2D eigenvalue weighted by atomic mass is 9.73. The van der Waals surface area contributed by atoms with Crippen LogP contribution in [0.4, 0.5) is 34.9 Å². The molecule has 1 saturated carbocycles. The number of fused-ring (bicyclic) bond motifs is 1. The maximum atomic E-state index is 16.4. The lowest BCUT2D eigenvalue weighted by molar-refractivity contribution is -0.229. The minimum absolute atomic E-state index is 0.0265. The Morgan fingerprint density at radius 2 is 1.98 bits per heavy atom. The highest BCUT2D eigenvalue weighted by Gasteiger charge is 2.49. The summed E-state index contributed by atoms with van der Waals surface area (Å²) in [5, 5.41) is 2.39. The number of amides is 1. The molecule has 0 spiro atoms. The first kappa shape index (κ1) is 30.7. The number of anilines is 3. The minimum Gasteiger partial charge on any atom is -0.372 e. The van der Waals surface area contributed by atoms with Gasteiger partial charge >= 0.3 is 0 Å². The summed E-state index contributed by atoms with van der Waals surface area (Å²) >= 11 is 2.07. The molecule has 10 nitrogen and oxygen atoms in total. The number of piperazine rings is 1. The van der Waals surface area contributed by atoms with Crippen molar-refractivity contribution in [1.29, 1.82) is 0 Å².